The van der Waals surface area contributed by atoms with Gasteiger partial charge in [-0.1, -0.05) is 30.3 Å². The smallest absolute Gasteiger partial charge is 0.123 e. The first-order valence-electron chi connectivity index (χ1n) is 5.24. The van der Waals surface area contributed by atoms with Crippen molar-refractivity contribution in [2.75, 3.05) is 0 Å². The molecule has 0 fully saturated rings. The number of hydrogen-bond acceptors (Lipinski definition) is 3. The molecule has 0 radical (unpaired) electrons. The first-order valence-corrected chi connectivity index (χ1v) is 6.06. The molecular formula is C13H15NOS. The van der Waals surface area contributed by atoms with Gasteiger partial charge in [0.05, 0.1) is 15.6 Å². The van der Waals surface area contributed by atoms with Gasteiger partial charge in [-0.3, -0.25) is 0 Å². The van der Waals surface area contributed by atoms with Gasteiger partial charge in [-0.15, -0.1) is 11.3 Å². The molecule has 1 aromatic carbocycles. The van der Waals surface area contributed by atoms with Crippen LogP contribution in [-0.4, -0.2) is 10.1 Å². The second-order valence-corrected chi connectivity index (χ2v) is 5.29. The zero-order chi connectivity index (χ0) is 11.8. The van der Waals surface area contributed by atoms with Crippen molar-refractivity contribution < 1.29 is 5.11 Å². The van der Waals surface area contributed by atoms with E-state index in [4.69, 9.17) is 0 Å². The van der Waals surface area contributed by atoms with E-state index in [1.807, 2.05) is 51.1 Å². The quantitative estimate of drug-likeness (QED) is 0.865. The Bertz CT molecular complexity index is 488. The third-order valence-corrected chi connectivity index (χ3v) is 3.97. The van der Waals surface area contributed by atoms with Crippen LogP contribution in [0, 0.1) is 13.8 Å². The summed E-state index contributed by atoms with van der Waals surface area (Å²) in [5.41, 5.74) is 0.871. The van der Waals surface area contributed by atoms with E-state index < -0.39 is 5.60 Å². The SMILES string of the molecule is Cc1nc(C)c(C(C)(O)c2ccccc2)s1. The van der Waals surface area contributed by atoms with E-state index in [9.17, 15) is 5.11 Å². The van der Waals surface area contributed by atoms with Gasteiger partial charge in [-0.25, -0.2) is 4.98 Å². The van der Waals surface area contributed by atoms with Crippen LogP contribution in [0.3, 0.4) is 0 Å². The lowest BCUT2D eigenvalue weighted by Crippen LogP contribution is -2.22. The van der Waals surface area contributed by atoms with Gasteiger partial charge in [0.25, 0.3) is 0 Å². The molecule has 1 aromatic heterocycles. The van der Waals surface area contributed by atoms with Crippen molar-refractivity contribution in [3.8, 4) is 0 Å². The summed E-state index contributed by atoms with van der Waals surface area (Å²) in [4.78, 5) is 5.29. The standard InChI is InChI=1S/C13H15NOS/c1-9-12(16-10(2)14-9)13(3,15)11-7-5-4-6-8-11/h4-8,15H,1-3H3. The van der Waals surface area contributed by atoms with Gasteiger partial charge >= 0.3 is 0 Å². The molecule has 1 atom stereocenters. The first kappa shape index (κ1) is 11.3. The predicted molar refractivity (Wildman–Crippen MR) is 66.7 cm³/mol. The fourth-order valence-electron chi connectivity index (χ4n) is 1.88. The lowest BCUT2D eigenvalue weighted by atomic mass is 9.93. The van der Waals surface area contributed by atoms with Crippen molar-refractivity contribution in [1.82, 2.24) is 4.98 Å². The van der Waals surface area contributed by atoms with Crippen LogP contribution in [0.2, 0.25) is 0 Å². The van der Waals surface area contributed by atoms with Crippen molar-refractivity contribution in [3.63, 3.8) is 0 Å². The largest absolute Gasteiger partial charge is 0.380 e. The highest BCUT2D eigenvalue weighted by molar-refractivity contribution is 7.11. The molecule has 0 aliphatic carbocycles. The Labute approximate surface area is 99.6 Å². The Balaban J connectivity index is 2.51. The molecule has 16 heavy (non-hydrogen) atoms. The lowest BCUT2D eigenvalue weighted by molar-refractivity contribution is 0.105. The molecular weight excluding hydrogens is 218 g/mol. The third-order valence-electron chi connectivity index (χ3n) is 2.68. The zero-order valence-electron chi connectivity index (χ0n) is 9.69. The van der Waals surface area contributed by atoms with Crippen molar-refractivity contribution >= 4 is 11.3 Å². The molecule has 0 spiro atoms. The molecule has 2 rings (SSSR count). The molecule has 0 aliphatic heterocycles. The molecule has 1 unspecified atom stereocenters. The van der Waals surface area contributed by atoms with Crippen LogP contribution in [0.5, 0.6) is 0 Å². The molecule has 0 saturated carbocycles. The normalized spacial score (nSPS) is 14.8. The minimum absolute atomic E-state index is 0.904. The summed E-state index contributed by atoms with van der Waals surface area (Å²) in [5.74, 6) is 0. The average molecular weight is 233 g/mol. The van der Waals surface area contributed by atoms with E-state index >= 15 is 0 Å². The second kappa shape index (κ2) is 4.00. The van der Waals surface area contributed by atoms with Gasteiger partial charge in [0.1, 0.15) is 5.60 Å². The first-order chi connectivity index (χ1) is 7.51. The number of thiazole rings is 1. The number of hydrogen-bond donors (Lipinski definition) is 1. The number of nitrogens with zero attached hydrogens (tertiary/aromatic N) is 1. The molecule has 84 valence electrons. The van der Waals surface area contributed by atoms with Gasteiger partial charge < -0.3 is 5.11 Å². The number of aryl methyl sites for hydroxylation is 2. The van der Waals surface area contributed by atoms with E-state index in [0.29, 0.717) is 0 Å². The van der Waals surface area contributed by atoms with Crippen molar-refractivity contribution in [1.29, 1.82) is 0 Å². The van der Waals surface area contributed by atoms with Crippen molar-refractivity contribution in [2.45, 2.75) is 26.4 Å². The molecule has 0 aliphatic rings. The van der Waals surface area contributed by atoms with Gasteiger partial charge in [0, 0.05) is 0 Å². The maximum Gasteiger partial charge on any atom is 0.123 e. The third kappa shape index (κ3) is 1.88. The molecule has 2 nitrogen and oxygen atoms in total. The van der Waals surface area contributed by atoms with Crippen LogP contribution in [0.25, 0.3) is 0 Å². The predicted octanol–water partition coefficient (Wildman–Crippen LogP) is 3.02. The summed E-state index contributed by atoms with van der Waals surface area (Å²) >= 11 is 1.56. The summed E-state index contributed by atoms with van der Waals surface area (Å²) in [6.07, 6.45) is 0. The Morgan fingerprint density at radius 1 is 1.19 bits per heavy atom. The zero-order valence-corrected chi connectivity index (χ0v) is 10.5. The fourth-order valence-corrected chi connectivity index (χ4v) is 2.86. The van der Waals surface area contributed by atoms with E-state index in [0.717, 1.165) is 21.1 Å². The Morgan fingerprint density at radius 2 is 1.81 bits per heavy atom. The van der Waals surface area contributed by atoms with E-state index in [1.165, 1.54) is 0 Å². The second-order valence-electron chi connectivity index (χ2n) is 4.09. The Kier molecular flexibility index (Phi) is 2.82. The van der Waals surface area contributed by atoms with Crippen LogP contribution < -0.4 is 0 Å². The van der Waals surface area contributed by atoms with Crippen LogP contribution >= 0.6 is 11.3 Å². The molecule has 0 bridgehead atoms. The fraction of sp³-hybridized carbons (Fsp3) is 0.308. The topological polar surface area (TPSA) is 33.1 Å². The van der Waals surface area contributed by atoms with Gasteiger partial charge in [-0.2, -0.15) is 0 Å². The van der Waals surface area contributed by atoms with Crippen molar-refractivity contribution in [2.24, 2.45) is 0 Å². The summed E-state index contributed by atoms with van der Waals surface area (Å²) in [6, 6.07) is 9.70. The van der Waals surface area contributed by atoms with Crippen LogP contribution in [0.1, 0.15) is 28.1 Å². The highest BCUT2D eigenvalue weighted by atomic mass is 32.1. The number of aliphatic hydroxyl groups is 1. The molecule has 2 aromatic rings. The lowest BCUT2D eigenvalue weighted by Gasteiger charge is -2.22. The number of aromatic nitrogens is 1. The summed E-state index contributed by atoms with van der Waals surface area (Å²) in [5, 5.41) is 11.6. The van der Waals surface area contributed by atoms with Crippen LogP contribution in [0.4, 0.5) is 0 Å². The minimum atomic E-state index is -0.947. The Hall–Kier alpha value is -1.19. The van der Waals surface area contributed by atoms with E-state index in [1.54, 1.807) is 11.3 Å². The van der Waals surface area contributed by atoms with Crippen LogP contribution in [0.15, 0.2) is 30.3 Å². The maximum absolute atomic E-state index is 10.6. The number of rotatable bonds is 2. The van der Waals surface area contributed by atoms with Crippen LogP contribution in [-0.2, 0) is 5.60 Å². The minimum Gasteiger partial charge on any atom is -0.380 e. The molecule has 0 amide bonds. The maximum atomic E-state index is 10.6. The molecule has 1 heterocycles. The Morgan fingerprint density at radius 3 is 2.31 bits per heavy atom. The summed E-state index contributed by atoms with van der Waals surface area (Å²) in [6.45, 7) is 5.72. The average Bonchev–Trinajstić information content (AvgIpc) is 2.60. The number of benzene rings is 1. The monoisotopic (exact) mass is 233 g/mol. The molecule has 1 N–H and O–H groups in total. The van der Waals surface area contributed by atoms with Gasteiger partial charge in [0.2, 0.25) is 0 Å². The molecule has 3 heteroatoms. The van der Waals surface area contributed by atoms with Gasteiger partial charge in [0.15, 0.2) is 0 Å². The summed E-state index contributed by atoms with van der Waals surface area (Å²) < 4.78 is 0. The highest BCUT2D eigenvalue weighted by Crippen LogP contribution is 2.34. The van der Waals surface area contributed by atoms with Crippen molar-refractivity contribution in [3.05, 3.63) is 51.5 Å². The van der Waals surface area contributed by atoms with E-state index in [2.05, 4.69) is 4.98 Å². The van der Waals surface area contributed by atoms with Gasteiger partial charge in [-0.05, 0) is 26.3 Å². The highest BCUT2D eigenvalue weighted by Gasteiger charge is 2.29. The molecule has 0 saturated heterocycles. The summed E-state index contributed by atoms with van der Waals surface area (Å²) in [7, 11) is 0. The van der Waals surface area contributed by atoms with E-state index in [-0.39, 0.29) is 0 Å².